The standard InChI is InChI=1S/C20H17NO3/c1-14-13-20(19(23)21(14)16-6-3-2-4-7-16)10-9-15(18(20)22)12-17-8-5-11-24-17/h2-8,11-12H,1,9-10,13H2/b15-12+. The topological polar surface area (TPSA) is 50.5 Å². The van der Waals surface area contributed by atoms with E-state index in [0.717, 1.165) is 5.69 Å². The second kappa shape index (κ2) is 5.34. The molecule has 2 aliphatic rings. The van der Waals surface area contributed by atoms with Crippen molar-refractivity contribution in [3.63, 3.8) is 0 Å². The molecule has 2 heterocycles. The molecule has 1 saturated carbocycles. The van der Waals surface area contributed by atoms with E-state index in [4.69, 9.17) is 4.42 Å². The number of para-hydroxylation sites is 1. The summed E-state index contributed by atoms with van der Waals surface area (Å²) in [6.45, 7) is 4.03. The van der Waals surface area contributed by atoms with Gasteiger partial charge in [-0.2, -0.15) is 0 Å². The Labute approximate surface area is 140 Å². The number of anilines is 1. The fourth-order valence-electron chi connectivity index (χ4n) is 3.68. The van der Waals surface area contributed by atoms with Gasteiger partial charge in [-0.1, -0.05) is 24.8 Å². The van der Waals surface area contributed by atoms with Crippen molar-refractivity contribution < 1.29 is 14.0 Å². The van der Waals surface area contributed by atoms with Crippen LogP contribution in [0, 0.1) is 5.41 Å². The maximum absolute atomic E-state index is 13.1. The molecule has 2 aromatic rings. The van der Waals surface area contributed by atoms with E-state index in [-0.39, 0.29) is 11.7 Å². The number of hydrogen-bond acceptors (Lipinski definition) is 3. The van der Waals surface area contributed by atoms with Crippen LogP contribution >= 0.6 is 0 Å². The van der Waals surface area contributed by atoms with Crippen LogP contribution in [0.4, 0.5) is 5.69 Å². The Morgan fingerprint density at radius 2 is 1.92 bits per heavy atom. The highest BCUT2D eigenvalue weighted by molar-refractivity contribution is 6.23. The first-order chi connectivity index (χ1) is 11.6. The number of hydrogen-bond donors (Lipinski definition) is 0. The largest absolute Gasteiger partial charge is 0.465 e. The number of ketones is 1. The molecular weight excluding hydrogens is 302 g/mol. The molecule has 1 aromatic heterocycles. The molecule has 1 aromatic carbocycles. The zero-order valence-electron chi connectivity index (χ0n) is 13.2. The fourth-order valence-corrected chi connectivity index (χ4v) is 3.68. The number of Topliss-reactive ketones (excluding diaryl/α,β-unsaturated/α-hetero) is 1. The lowest BCUT2D eigenvalue weighted by atomic mass is 9.82. The van der Waals surface area contributed by atoms with E-state index in [1.165, 1.54) is 0 Å². The van der Waals surface area contributed by atoms with Gasteiger partial charge in [-0.05, 0) is 43.2 Å². The van der Waals surface area contributed by atoms with E-state index >= 15 is 0 Å². The molecule has 1 saturated heterocycles. The van der Waals surface area contributed by atoms with Gasteiger partial charge < -0.3 is 4.42 Å². The van der Waals surface area contributed by atoms with Crippen LogP contribution in [0.25, 0.3) is 6.08 Å². The Morgan fingerprint density at radius 1 is 1.12 bits per heavy atom. The fraction of sp³-hybridized carbons (Fsp3) is 0.200. The predicted octanol–water partition coefficient (Wildman–Crippen LogP) is 3.96. The van der Waals surface area contributed by atoms with Crippen molar-refractivity contribution in [2.24, 2.45) is 5.41 Å². The molecule has 0 N–H and O–H groups in total. The highest BCUT2D eigenvalue weighted by Crippen LogP contribution is 2.50. The maximum Gasteiger partial charge on any atom is 0.245 e. The number of rotatable bonds is 2. The van der Waals surface area contributed by atoms with Gasteiger partial charge in [0.05, 0.1) is 6.26 Å². The summed E-state index contributed by atoms with van der Waals surface area (Å²) in [5.74, 6) is 0.384. The Bertz CT molecular complexity index is 848. The van der Waals surface area contributed by atoms with Gasteiger partial charge in [-0.3, -0.25) is 14.5 Å². The quantitative estimate of drug-likeness (QED) is 0.622. The smallest absolute Gasteiger partial charge is 0.245 e. The van der Waals surface area contributed by atoms with Crippen molar-refractivity contribution in [1.82, 2.24) is 0 Å². The Kier molecular flexibility index (Phi) is 3.27. The van der Waals surface area contributed by atoms with Gasteiger partial charge in [-0.15, -0.1) is 0 Å². The Balaban J connectivity index is 1.69. The van der Waals surface area contributed by atoms with Crippen molar-refractivity contribution in [2.45, 2.75) is 19.3 Å². The summed E-state index contributed by atoms with van der Waals surface area (Å²) >= 11 is 0. The monoisotopic (exact) mass is 319 g/mol. The molecule has 4 nitrogen and oxygen atoms in total. The molecule has 120 valence electrons. The van der Waals surface area contributed by atoms with Crippen LogP contribution in [0.2, 0.25) is 0 Å². The van der Waals surface area contributed by atoms with Gasteiger partial charge in [0.1, 0.15) is 11.2 Å². The summed E-state index contributed by atoms with van der Waals surface area (Å²) in [5.41, 5.74) is 1.10. The third-order valence-corrected chi connectivity index (χ3v) is 4.86. The summed E-state index contributed by atoms with van der Waals surface area (Å²) in [4.78, 5) is 27.7. The van der Waals surface area contributed by atoms with Gasteiger partial charge in [0, 0.05) is 23.4 Å². The first kappa shape index (κ1) is 14.7. The molecule has 24 heavy (non-hydrogen) atoms. The molecule has 1 aliphatic carbocycles. The third-order valence-electron chi connectivity index (χ3n) is 4.86. The lowest BCUT2D eigenvalue weighted by Gasteiger charge is -2.21. The molecular formula is C20H17NO3. The zero-order valence-corrected chi connectivity index (χ0v) is 13.2. The molecule has 1 unspecified atom stereocenters. The number of furan rings is 1. The molecule has 4 rings (SSSR count). The van der Waals surface area contributed by atoms with Crippen LogP contribution in [-0.2, 0) is 9.59 Å². The van der Waals surface area contributed by atoms with Crippen LogP contribution in [0.3, 0.4) is 0 Å². The number of amides is 1. The average Bonchev–Trinajstić information content (AvgIpc) is 3.26. The van der Waals surface area contributed by atoms with Crippen molar-refractivity contribution in [1.29, 1.82) is 0 Å². The van der Waals surface area contributed by atoms with Gasteiger partial charge in [0.25, 0.3) is 0 Å². The van der Waals surface area contributed by atoms with Gasteiger partial charge in [-0.25, -0.2) is 0 Å². The lowest BCUT2D eigenvalue weighted by molar-refractivity contribution is -0.134. The van der Waals surface area contributed by atoms with Crippen molar-refractivity contribution in [3.05, 3.63) is 72.3 Å². The van der Waals surface area contributed by atoms with E-state index in [0.29, 0.717) is 36.3 Å². The normalized spacial score (nSPS) is 25.4. The lowest BCUT2D eigenvalue weighted by Crippen LogP contribution is -2.37. The molecule has 1 amide bonds. The van der Waals surface area contributed by atoms with Crippen molar-refractivity contribution in [3.8, 4) is 0 Å². The number of carbonyl (C=O) groups is 2. The summed E-state index contributed by atoms with van der Waals surface area (Å²) < 4.78 is 5.29. The van der Waals surface area contributed by atoms with Crippen LogP contribution in [0.1, 0.15) is 25.0 Å². The highest BCUT2D eigenvalue weighted by Gasteiger charge is 2.57. The minimum Gasteiger partial charge on any atom is -0.465 e. The summed E-state index contributed by atoms with van der Waals surface area (Å²) in [6.07, 6.45) is 4.81. The van der Waals surface area contributed by atoms with Gasteiger partial charge in [0.15, 0.2) is 5.78 Å². The molecule has 0 radical (unpaired) electrons. The highest BCUT2D eigenvalue weighted by atomic mass is 16.3. The minimum absolute atomic E-state index is 0.0940. The minimum atomic E-state index is -0.995. The van der Waals surface area contributed by atoms with Crippen LogP contribution in [0.15, 0.2) is 71.0 Å². The van der Waals surface area contributed by atoms with Gasteiger partial charge in [0.2, 0.25) is 5.91 Å². The second-order valence-corrected chi connectivity index (χ2v) is 6.32. The number of carbonyl (C=O) groups excluding carboxylic acids is 2. The van der Waals surface area contributed by atoms with Crippen LogP contribution < -0.4 is 4.90 Å². The van der Waals surface area contributed by atoms with E-state index < -0.39 is 5.41 Å². The van der Waals surface area contributed by atoms with Crippen LogP contribution in [0.5, 0.6) is 0 Å². The average molecular weight is 319 g/mol. The molecule has 1 aliphatic heterocycles. The number of nitrogens with zero attached hydrogens (tertiary/aromatic N) is 1. The van der Waals surface area contributed by atoms with Gasteiger partial charge >= 0.3 is 0 Å². The summed E-state index contributed by atoms with van der Waals surface area (Å²) in [5, 5.41) is 0. The summed E-state index contributed by atoms with van der Waals surface area (Å²) in [6, 6.07) is 13.0. The Morgan fingerprint density at radius 3 is 2.62 bits per heavy atom. The zero-order chi connectivity index (χ0) is 16.7. The molecule has 2 fully saturated rings. The first-order valence-corrected chi connectivity index (χ1v) is 7.98. The summed E-state index contributed by atoms with van der Waals surface area (Å²) in [7, 11) is 0. The molecule has 0 bridgehead atoms. The third kappa shape index (κ3) is 2.07. The van der Waals surface area contributed by atoms with E-state index in [1.807, 2.05) is 30.3 Å². The van der Waals surface area contributed by atoms with E-state index in [1.54, 1.807) is 29.4 Å². The Hall–Kier alpha value is -2.88. The van der Waals surface area contributed by atoms with E-state index in [9.17, 15) is 9.59 Å². The molecule has 4 heteroatoms. The molecule has 1 spiro atoms. The second-order valence-electron chi connectivity index (χ2n) is 6.32. The predicted molar refractivity (Wildman–Crippen MR) is 91.0 cm³/mol. The number of benzene rings is 1. The van der Waals surface area contributed by atoms with Crippen LogP contribution in [-0.4, -0.2) is 11.7 Å². The number of allylic oxidation sites excluding steroid dienone is 2. The first-order valence-electron chi connectivity index (χ1n) is 7.98. The van der Waals surface area contributed by atoms with Crippen molar-refractivity contribution in [2.75, 3.05) is 4.90 Å². The maximum atomic E-state index is 13.1. The van der Waals surface area contributed by atoms with Crippen molar-refractivity contribution >= 4 is 23.5 Å². The molecule has 1 atom stereocenters. The SMILES string of the molecule is C=C1CC2(CC/C(=C\c3ccco3)C2=O)C(=O)N1c1ccccc1. The van der Waals surface area contributed by atoms with E-state index in [2.05, 4.69) is 6.58 Å².